The molecular formula is C15H13N7O3. The molecule has 0 atom stereocenters. The molecular weight excluding hydrogens is 326 g/mol. The first kappa shape index (κ1) is 16.1. The minimum atomic E-state index is -0.583. The van der Waals surface area contributed by atoms with E-state index in [1.54, 1.807) is 0 Å². The minimum absolute atomic E-state index is 0.0260. The average Bonchev–Trinajstić information content (AvgIpc) is 2.57. The molecule has 2 aromatic heterocycles. The predicted octanol–water partition coefficient (Wildman–Crippen LogP) is 1.32. The van der Waals surface area contributed by atoms with Crippen LogP contribution < -0.4 is 16.6 Å². The monoisotopic (exact) mass is 339 g/mol. The maximum absolute atomic E-state index is 11.9. The molecule has 1 aromatic carbocycles. The topological polar surface area (TPSA) is 142 Å². The molecule has 0 spiro atoms. The number of hydrogen-bond acceptors (Lipinski definition) is 8. The lowest BCUT2D eigenvalue weighted by Crippen LogP contribution is -2.21. The number of nitro groups is 1. The lowest BCUT2D eigenvalue weighted by atomic mass is 10.3. The highest BCUT2D eigenvalue weighted by molar-refractivity contribution is 5.53. The fourth-order valence-electron chi connectivity index (χ4n) is 2.12. The summed E-state index contributed by atoms with van der Waals surface area (Å²) in [6, 6.07) is 11.5. The first-order valence-corrected chi connectivity index (χ1v) is 7.18. The Morgan fingerprint density at radius 2 is 1.88 bits per heavy atom. The Bertz CT molecular complexity index is 972. The predicted molar refractivity (Wildman–Crippen MR) is 90.4 cm³/mol. The van der Waals surface area contributed by atoms with Gasteiger partial charge >= 0.3 is 0 Å². The molecule has 10 nitrogen and oxygen atoms in total. The first-order valence-electron chi connectivity index (χ1n) is 7.18. The van der Waals surface area contributed by atoms with E-state index < -0.39 is 10.5 Å². The second-order valence-corrected chi connectivity index (χ2v) is 5.04. The van der Waals surface area contributed by atoms with Gasteiger partial charge in [0.15, 0.2) is 5.82 Å². The molecule has 0 fully saturated rings. The zero-order valence-corrected chi connectivity index (χ0v) is 12.9. The lowest BCUT2D eigenvalue weighted by molar-refractivity contribution is -0.385. The summed E-state index contributed by atoms with van der Waals surface area (Å²) in [6.45, 7) is -0.0727. The molecule has 3 N–H and O–H groups in total. The van der Waals surface area contributed by atoms with E-state index in [1.165, 1.54) is 0 Å². The summed E-state index contributed by atoms with van der Waals surface area (Å²) in [7, 11) is 0. The first-order chi connectivity index (χ1) is 12.0. The van der Waals surface area contributed by atoms with Crippen molar-refractivity contribution in [3.05, 3.63) is 75.0 Å². The van der Waals surface area contributed by atoms with E-state index in [4.69, 9.17) is 5.73 Å². The Labute approximate surface area is 141 Å². The molecule has 0 bridgehead atoms. The molecule has 0 aliphatic heterocycles. The van der Waals surface area contributed by atoms with Gasteiger partial charge in [0.25, 0.3) is 11.2 Å². The molecule has 0 saturated carbocycles. The molecule has 3 rings (SSSR count). The van der Waals surface area contributed by atoms with Crippen LogP contribution in [0.3, 0.4) is 0 Å². The molecule has 0 radical (unpaired) electrons. The molecule has 2 heterocycles. The van der Waals surface area contributed by atoms with E-state index in [1.807, 2.05) is 30.3 Å². The van der Waals surface area contributed by atoms with Gasteiger partial charge in [0, 0.05) is 17.8 Å². The third kappa shape index (κ3) is 3.93. The summed E-state index contributed by atoms with van der Waals surface area (Å²) in [5.41, 5.74) is 5.82. The quantitative estimate of drug-likeness (QED) is 0.523. The van der Waals surface area contributed by atoms with Crippen LogP contribution in [0.1, 0.15) is 5.82 Å². The van der Waals surface area contributed by atoms with E-state index in [9.17, 15) is 14.9 Å². The van der Waals surface area contributed by atoms with Gasteiger partial charge in [-0.15, -0.1) is 0 Å². The minimum Gasteiger partial charge on any atom is -0.368 e. The number of pyridine rings is 1. The third-order valence-electron chi connectivity index (χ3n) is 3.22. The van der Waals surface area contributed by atoms with E-state index in [2.05, 4.69) is 20.3 Å². The van der Waals surface area contributed by atoms with Gasteiger partial charge in [0.05, 0.1) is 17.7 Å². The Morgan fingerprint density at radius 1 is 1.12 bits per heavy atom. The molecule has 0 aliphatic carbocycles. The molecule has 0 unspecified atom stereocenters. The number of aromatic nitrogens is 4. The fourth-order valence-corrected chi connectivity index (χ4v) is 2.12. The van der Waals surface area contributed by atoms with E-state index >= 15 is 0 Å². The van der Waals surface area contributed by atoms with Gasteiger partial charge in [-0.2, -0.15) is 15.0 Å². The van der Waals surface area contributed by atoms with Crippen molar-refractivity contribution in [2.24, 2.45) is 0 Å². The molecule has 0 saturated heterocycles. The summed E-state index contributed by atoms with van der Waals surface area (Å²) in [5, 5.41) is 13.8. The highest BCUT2D eigenvalue weighted by atomic mass is 16.6. The lowest BCUT2D eigenvalue weighted by Gasteiger charge is -2.08. The summed E-state index contributed by atoms with van der Waals surface area (Å²) < 4.78 is 1.14. The second kappa shape index (κ2) is 6.74. The standard InChI is InChI=1S/C15H13N7O3/c16-14-18-12(9-21-8-11(22(24)25)6-7-13(21)23)19-15(20-14)17-10-4-2-1-3-5-10/h1-8H,9H2,(H3,16,17,18,19,20). The highest BCUT2D eigenvalue weighted by Crippen LogP contribution is 2.13. The van der Waals surface area contributed by atoms with Crippen molar-refractivity contribution in [2.45, 2.75) is 6.54 Å². The van der Waals surface area contributed by atoms with Crippen LogP contribution in [-0.4, -0.2) is 24.4 Å². The molecule has 0 amide bonds. The van der Waals surface area contributed by atoms with Crippen LogP contribution in [0.15, 0.2) is 53.5 Å². The molecule has 126 valence electrons. The van der Waals surface area contributed by atoms with E-state index in [0.717, 1.165) is 28.6 Å². The summed E-state index contributed by atoms with van der Waals surface area (Å²) in [5.74, 6) is 0.391. The summed E-state index contributed by atoms with van der Waals surface area (Å²) in [6.07, 6.45) is 1.13. The van der Waals surface area contributed by atoms with Gasteiger partial charge in [-0.3, -0.25) is 14.9 Å². The number of nitrogens with one attached hydrogen (secondary N) is 1. The zero-order valence-electron chi connectivity index (χ0n) is 12.9. The van der Waals surface area contributed by atoms with Gasteiger partial charge in [0.2, 0.25) is 11.9 Å². The SMILES string of the molecule is Nc1nc(Cn2cc([N+](=O)[O-])ccc2=O)nc(Nc2ccccc2)n1. The zero-order chi connectivity index (χ0) is 17.8. The van der Waals surface area contributed by atoms with Crippen molar-refractivity contribution in [1.29, 1.82) is 0 Å². The number of nitrogens with two attached hydrogens (primary N) is 1. The van der Waals surface area contributed by atoms with Crippen molar-refractivity contribution in [1.82, 2.24) is 19.5 Å². The Hall–Kier alpha value is -3.82. The summed E-state index contributed by atoms with van der Waals surface area (Å²) in [4.78, 5) is 34.3. The van der Waals surface area contributed by atoms with E-state index in [0.29, 0.717) is 0 Å². The smallest absolute Gasteiger partial charge is 0.285 e. The van der Waals surface area contributed by atoms with Crippen LogP contribution in [0.4, 0.5) is 23.3 Å². The van der Waals surface area contributed by atoms with E-state index in [-0.39, 0.29) is 30.0 Å². The Morgan fingerprint density at radius 3 is 2.60 bits per heavy atom. The van der Waals surface area contributed by atoms with Gasteiger partial charge in [0.1, 0.15) is 0 Å². The Kier molecular flexibility index (Phi) is 4.33. The largest absolute Gasteiger partial charge is 0.368 e. The van der Waals surface area contributed by atoms with Crippen molar-refractivity contribution >= 4 is 23.3 Å². The van der Waals surface area contributed by atoms with Gasteiger partial charge < -0.3 is 15.6 Å². The fraction of sp³-hybridized carbons (Fsp3) is 0.0667. The van der Waals surface area contributed by atoms with Crippen LogP contribution in [0.25, 0.3) is 0 Å². The molecule has 10 heteroatoms. The van der Waals surface area contributed by atoms with Crippen LogP contribution in [-0.2, 0) is 6.54 Å². The van der Waals surface area contributed by atoms with Crippen molar-refractivity contribution in [3.8, 4) is 0 Å². The Balaban J connectivity index is 1.89. The number of hydrogen-bond donors (Lipinski definition) is 2. The highest BCUT2D eigenvalue weighted by Gasteiger charge is 2.11. The maximum Gasteiger partial charge on any atom is 0.285 e. The third-order valence-corrected chi connectivity index (χ3v) is 3.22. The number of rotatable bonds is 5. The average molecular weight is 339 g/mol. The van der Waals surface area contributed by atoms with Gasteiger partial charge in [-0.05, 0) is 12.1 Å². The number of benzene rings is 1. The normalized spacial score (nSPS) is 10.4. The van der Waals surface area contributed by atoms with Gasteiger partial charge in [-0.1, -0.05) is 18.2 Å². The maximum atomic E-state index is 11.9. The number of nitrogen functional groups attached to an aromatic ring is 1. The van der Waals surface area contributed by atoms with Crippen LogP contribution >= 0.6 is 0 Å². The number of para-hydroxylation sites is 1. The summed E-state index contributed by atoms with van der Waals surface area (Å²) >= 11 is 0. The molecule has 0 aliphatic rings. The van der Waals surface area contributed by atoms with Crippen molar-refractivity contribution in [2.75, 3.05) is 11.1 Å². The van der Waals surface area contributed by atoms with Gasteiger partial charge in [-0.25, -0.2) is 0 Å². The second-order valence-electron chi connectivity index (χ2n) is 5.04. The van der Waals surface area contributed by atoms with Crippen LogP contribution in [0, 0.1) is 10.1 Å². The molecule has 3 aromatic rings. The number of nitrogens with zero attached hydrogens (tertiary/aromatic N) is 5. The van der Waals surface area contributed by atoms with Crippen LogP contribution in [0.2, 0.25) is 0 Å². The number of anilines is 3. The molecule has 25 heavy (non-hydrogen) atoms. The van der Waals surface area contributed by atoms with Crippen LogP contribution in [0.5, 0.6) is 0 Å². The van der Waals surface area contributed by atoms with Crippen molar-refractivity contribution in [3.63, 3.8) is 0 Å². The van der Waals surface area contributed by atoms with Crippen molar-refractivity contribution < 1.29 is 4.92 Å².